The first-order valence-corrected chi connectivity index (χ1v) is 10.6. The number of nitrogens with zero attached hydrogens (tertiary/aromatic N) is 2. The summed E-state index contributed by atoms with van der Waals surface area (Å²) in [5.41, 5.74) is 2.25. The Bertz CT molecular complexity index is 1150. The second-order valence-corrected chi connectivity index (χ2v) is 9.47. The molecule has 0 bridgehead atoms. The summed E-state index contributed by atoms with van der Waals surface area (Å²) in [5.74, 6) is -0.773. The molecule has 0 saturated carbocycles. The number of halogens is 1. The zero-order valence-electron chi connectivity index (χ0n) is 17.6. The topological polar surface area (TPSA) is 80.5 Å². The Morgan fingerprint density at radius 1 is 1.13 bits per heavy atom. The number of amides is 1. The highest BCUT2D eigenvalue weighted by Gasteiger charge is 2.45. The van der Waals surface area contributed by atoms with Crippen molar-refractivity contribution in [2.75, 3.05) is 4.90 Å². The van der Waals surface area contributed by atoms with E-state index in [1.807, 2.05) is 26.0 Å². The molecule has 0 saturated heterocycles. The Morgan fingerprint density at radius 2 is 1.84 bits per heavy atom. The molecular weight excluding hydrogens is 416 g/mol. The number of nitro groups is 1. The van der Waals surface area contributed by atoms with Gasteiger partial charge in [0.1, 0.15) is 5.69 Å². The summed E-state index contributed by atoms with van der Waals surface area (Å²) in [4.78, 5) is 39.5. The molecule has 1 amide bonds. The van der Waals surface area contributed by atoms with Crippen LogP contribution in [0.25, 0.3) is 0 Å². The summed E-state index contributed by atoms with van der Waals surface area (Å²) >= 11 is 6.43. The van der Waals surface area contributed by atoms with E-state index < -0.39 is 10.8 Å². The van der Waals surface area contributed by atoms with Gasteiger partial charge < -0.3 is 0 Å². The molecule has 1 unspecified atom stereocenters. The predicted molar refractivity (Wildman–Crippen MR) is 119 cm³/mol. The van der Waals surface area contributed by atoms with Crippen LogP contribution in [0.5, 0.6) is 0 Å². The predicted octanol–water partition coefficient (Wildman–Crippen LogP) is 5.72. The highest BCUT2D eigenvalue weighted by molar-refractivity contribution is 6.31. The molecule has 2 aromatic carbocycles. The van der Waals surface area contributed by atoms with Crippen molar-refractivity contribution in [2.24, 2.45) is 5.41 Å². The second-order valence-electron chi connectivity index (χ2n) is 9.06. The van der Waals surface area contributed by atoms with Crippen molar-refractivity contribution in [3.05, 3.63) is 80.0 Å². The number of carbonyl (C=O) groups is 2. The molecule has 1 aliphatic heterocycles. The van der Waals surface area contributed by atoms with Crippen molar-refractivity contribution < 1.29 is 14.5 Å². The van der Waals surface area contributed by atoms with E-state index in [1.54, 1.807) is 31.2 Å². The van der Waals surface area contributed by atoms with Crippen LogP contribution in [0.4, 0.5) is 11.4 Å². The van der Waals surface area contributed by atoms with Gasteiger partial charge in [0, 0.05) is 41.1 Å². The molecule has 0 N–H and O–H groups in total. The zero-order chi connectivity index (χ0) is 22.5. The number of allylic oxidation sites excluding steroid dienone is 2. The quantitative estimate of drug-likeness (QED) is 0.453. The summed E-state index contributed by atoms with van der Waals surface area (Å²) in [6, 6.07) is 12.0. The zero-order valence-corrected chi connectivity index (χ0v) is 18.4. The molecule has 0 fully saturated rings. The average molecular weight is 439 g/mol. The lowest BCUT2D eigenvalue weighted by Crippen LogP contribution is -2.44. The third-order valence-electron chi connectivity index (χ3n) is 5.99. The first-order chi connectivity index (χ1) is 14.6. The Kier molecular flexibility index (Phi) is 5.21. The highest BCUT2D eigenvalue weighted by atomic mass is 35.5. The van der Waals surface area contributed by atoms with Gasteiger partial charge in [-0.1, -0.05) is 49.7 Å². The normalized spacial score (nSPS) is 20.6. The standard InChI is InChI=1S/C24H23ClN2O4/c1-14-8-9-18(19(10-14)27(30)31)26-20-12-24(2,3)13-21(28)23(20)16(11-22(26)29)15-6-4-5-7-17(15)25/h4-10,16H,11-13H2,1-3H3. The third kappa shape index (κ3) is 3.76. The number of rotatable bonds is 3. The number of hydrogen-bond donors (Lipinski definition) is 0. The van der Waals surface area contributed by atoms with E-state index in [4.69, 9.17) is 11.6 Å². The highest BCUT2D eigenvalue weighted by Crippen LogP contribution is 2.50. The molecule has 0 radical (unpaired) electrons. The van der Waals surface area contributed by atoms with Crippen LogP contribution in [-0.4, -0.2) is 16.6 Å². The number of ketones is 1. The van der Waals surface area contributed by atoms with Crippen LogP contribution in [0, 0.1) is 22.5 Å². The van der Waals surface area contributed by atoms with Gasteiger partial charge in [0.05, 0.1) is 4.92 Å². The molecule has 1 atom stereocenters. The number of aryl methyl sites for hydroxylation is 1. The van der Waals surface area contributed by atoms with Gasteiger partial charge in [-0.05, 0) is 42.0 Å². The summed E-state index contributed by atoms with van der Waals surface area (Å²) in [6.45, 7) is 5.71. The number of benzene rings is 2. The summed E-state index contributed by atoms with van der Waals surface area (Å²) in [5, 5.41) is 12.3. The number of Topliss-reactive ketones (excluding diaryl/α,β-unsaturated/α-hetero) is 1. The minimum absolute atomic E-state index is 0.0275. The third-order valence-corrected chi connectivity index (χ3v) is 6.34. The molecule has 0 spiro atoms. The Hall–Kier alpha value is -2.99. The minimum Gasteiger partial charge on any atom is -0.294 e. The summed E-state index contributed by atoms with van der Waals surface area (Å²) in [7, 11) is 0. The van der Waals surface area contributed by atoms with Gasteiger partial charge in [-0.3, -0.25) is 24.6 Å². The van der Waals surface area contributed by atoms with E-state index >= 15 is 0 Å². The molecule has 7 heteroatoms. The second kappa shape index (κ2) is 7.61. The maximum Gasteiger partial charge on any atom is 0.293 e. The first kappa shape index (κ1) is 21.2. The molecular formula is C24H23ClN2O4. The van der Waals surface area contributed by atoms with Crippen molar-refractivity contribution in [3.63, 3.8) is 0 Å². The fraction of sp³-hybridized carbons (Fsp3) is 0.333. The van der Waals surface area contributed by atoms with Crippen molar-refractivity contribution >= 4 is 34.7 Å². The van der Waals surface area contributed by atoms with Gasteiger partial charge in [-0.25, -0.2) is 0 Å². The molecule has 31 heavy (non-hydrogen) atoms. The van der Waals surface area contributed by atoms with Gasteiger partial charge in [0.15, 0.2) is 5.78 Å². The lowest BCUT2D eigenvalue weighted by atomic mass is 9.69. The van der Waals surface area contributed by atoms with Gasteiger partial charge in [-0.2, -0.15) is 0 Å². The fourth-order valence-electron chi connectivity index (χ4n) is 4.69. The number of nitro benzene ring substituents is 1. The number of hydrogen-bond acceptors (Lipinski definition) is 4. The molecule has 6 nitrogen and oxygen atoms in total. The van der Waals surface area contributed by atoms with Gasteiger partial charge in [-0.15, -0.1) is 0 Å². The van der Waals surface area contributed by atoms with Gasteiger partial charge >= 0.3 is 0 Å². The van der Waals surface area contributed by atoms with E-state index in [1.165, 1.54) is 11.0 Å². The van der Waals surface area contributed by atoms with Crippen LogP contribution < -0.4 is 4.90 Å². The summed E-state index contributed by atoms with van der Waals surface area (Å²) < 4.78 is 0. The Morgan fingerprint density at radius 3 is 2.52 bits per heavy atom. The van der Waals surface area contributed by atoms with Crippen LogP contribution in [0.2, 0.25) is 5.02 Å². The molecule has 0 aromatic heterocycles. The smallest absolute Gasteiger partial charge is 0.293 e. The fourth-order valence-corrected chi connectivity index (χ4v) is 4.95. The average Bonchev–Trinajstić information content (AvgIpc) is 2.67. The minimum atomic E-state index is -0.480. The van der Waals surface area contributed by atoms with Crippen molar-refractivity contribution in [1.29, 1.82) is 0 Å². The van der Waals surface area contributed by atoms with Crippen LogP contribution in [0.3, 0.4) is 0 Å². The molecule has 1 heterocycles. The van der Waals surface area contributed by atoms with Crippen molar-refractivity contribution in [3.8, 4) is 0 Å². The van der Waals surface area contributed by atoms with Gasteiger partial charge in [0.25, 0.3) is 5.69 Å². The van der Waals surface area contributed by atoms with E-state index in [-0.39, 0.29) is 34.9 Å². The van der Waals surface area contributed by atoms with Crippen LogP contribution in [0.1, 0.15) is 50.2 Å². The first-order valence-electron chi connectivity index (χ1n) is 10.2. The Balaban J connectivity index is 1.97. The molecule has 4 rings (SSSR count). The summed E-state index contributed by atoms with van der Waals surface area (Å²) in [6.07, 6.45) is 0.844. The maximum atomic E-state index is 13.4. The van der Waals surface area contributed by atoms with E-state index in [9.17, 15) is 19.7 Å². The largest absolute Gasteiger partial charge is 0.294 e. The van der Waals surface area contributed by atoms with Crippen molar-refractivity contribution in [1.82, 2.24) is 0 Å². The molecule has 1 aliphatic carbocycles. The number of carbonyl (C=O) groups excluding carboxylic acids is 2. The number of anilines is 1. The molecule has 160 valence electrons. The molecule has 2 aliphatic rings. The lowest BCUT2D eigenvalue weighted by Gasteiger charge is -2.42. The van der Waals surface area contributed by atoms with Crippen molar-refractivity contribution in [2.45, 2.75) is 46.0 Å². The lowest BCUT2D eigenvalue weighted by molar-refractivity contribution is -0.384. The Labute approximate surface area is 185 Å². The SMILES string of the molecule is Cc1ccc(N2C(=O)CC(c3ccccc3Cl)C3=C2CC(C)(C)CC3=O)c([N+](=O)[O-])c1. The molecule has 2 aromatic rings. The van der Waals surface area contributed by atoms with E-state index in [2.05, 4.69) is 0 Å². The van der Waals surface area contributed by atoms with E-state index in [0.29, 0.717) is 29.1 Å². The maximum absolute atomic E-state index is 13.4. The monoisotopic (exact) mass is 438 g/mol. The van der Waals surface area contributed by atoms with Crippen LogP contribution >= 0.6 is 11.6 Å². The van der Waals surface area contributed by atoms with Crippen LogP contribution in [0.15, 0.2) is 53.7 Å². The van der Waals surface area contributed by atoms with Gasteiger partial charge in [0.2, 0.25) is 5.91 Å². The van der Waals surface area contributed by atoms with E-state index in [0.717, 1.165) is 11.1 Å². The van der Waals surface area contributed by atoms with Crippen LogP contribution in [-0.2, 0) is 9.59 Å².